The van der Waals surface area contributed by atoms with E-state index in [-0.39, 0.29) is 5.91 Å². The van der Waals surface area contributed by atoms with Gasteiger partial charge >= 0.3 is 0 Å². The van der Waals surface area contributed by atoms with Crippen molar-refractivity contribution in [3.8, 4) is 5.75 Å². The van der Waals surface area contributed by atoms with Gasteiger partial charge in [0.05, 0.1) is 7.11 Å². The van der Waals surface area contributed by atoms with Gasteiger partial charge in [0.25, 0.3) is 5.91 Å². The van der Waals surface area contributed by atoms with E-state index in [0.717, 1.165) is 18.0 Å². The maximum absolute atomic E-state index is 12.0. The number of hydrogen-bond acceptors (Lipinski definition) is 5. The quantitative estimate of drug-likeness (QED) is 0.458. The first kappa shape index (κ1) is 17.4. The van der Waals surface area contributed by atoms with Gasteiger partial charge in [-0.2, -0.15) is 0 Å². The summed E-state index contributed by atoms with van der Waals surface area (Å²) in [5.74, 6) is 0.356. The van der Waals surface area contributed by atoms with Gasteiger partial charge in [-0.1, -0.05) is 32.3 Å². The van der Waals surface area contributed by atoms with Crippen molar-refractivity contribution in [1.29, 1.82) is 0 Å². The van der Waals surface area contributed by atoms with Crippen molar-refractivity contribution in [2.24, 2.45) is 0 Å². The van der Waals surface area contributed by atoms with Crippen LogP contribution < -0.4 is 21.1 Å². The first-order valence-corrected chi connectivity index (χ1v) is 8.06. The summed E-state index contributed by atoms with van der Waals surface area (Å²) in [5.41, 5.74) is 6.39. The number of methoxy groups -OCH3 is 1. The Labute approximate surface area is 130 Å². The normalized spacial score (nSPS) is 10.2. The molecule has 1 rings (SSSR count). The molecule has 0 aromatic carbocycles. The molecule has 6 heteroatoms. The van der Waals surface area contributed by atoms with E-state index in [2.05, 4.69) is 24.1 Å². The Balaban J connectivity index is 2.70. The zero-order valence-corrected chi connectivity index (χ0v) is 13.6. The highest BCUT2D eigenvalue weighted by Crippen LogP contribution is 2.42. The van der Waals surface area contributed by atoms with Gasteiger partial charge in [0.15, 0.2) is 5.75 Å². The van der Waals surface area contributed by atoms with Crippen LogP contribution in [0.15, 0.2) is 12.7 Å². The third-order valence-electron chi connectivity index (χ3n) is 3.03. The zero-order chi connectivity index (χ0) is 15.7. The molecule has 0 fully saturated rings. The van der Waals surface area contributed by atoms with Crippen LogP contribution in [-0.2, 0) is 0 Å². The summed E-state index contributed by atoms with van der Waals surface area (Å²) in [4.78, 5) is 12.5. The second-order valence-electron chi connectivity index (χ2n) is 4.69. The molecular weight excluding hydrogens is 286 g/mol. The molecule has 118 valence electrons. The maximum atomic E-state index is 12.0. The van der Waals surface area contributed by atoms with Crippen molar-refractivity contribution in [3.05, 3.63) is 17.5 Å². The molecule has 0 spiro atoms. The zero-order valence-electron chi connectivity index (χ0n) is 12.8. The van der Waals surface area contributed by atoms with Crippen molar-refractivity contribution in [1.82, 2.24) is 5.32 Å². The number of nitrogen functional groups attached to an aromatic ring is 1. The average Bonchev–Trinajstić information content (AvgIpc) is 2.80. The van der Waals surface area contributed by atoms with E-state index in [1.165, 1.54) is 30.6 Å². The summed E-state index contributed by atoms with van der Waals surface area (Å²) < 4.78 is 5.31. The fourth-order valence-corrected chi connectivity index (χ4v) is 2.95. The van der Waals surface area contributed by atoms with Crippen LogP contribution in [0.25, 0.3) is 0 Å². The van der Waals surface area contributed by atoms with Crippen molar-refractivity contribution in [3.63, 3.8) is 0 Å². The second-order valence-corrected chi connectivity index (χ2v) is 5.71. The molecule has 1 aromatic rings. The molecular formula is C15H25N3O2S. The molecule has 5 nitrogen and oxygen atoms in total. The average molecular weight is 311 g/mol. The molecule has 21 heavy (non-hydrogen) atoms. The van der Waals surface area contributed by atoms with Crippen LogP contribution in [0.1, 0.15) is 42.3 Å². The summed E-state index contributed by atoms with van der Waals surface area (Å²) in [7, 11) is 1.56. The van der Waals surface area contributed by atoms with Crippen LogP contribution in [0.3, 0.4) is 0 Å². The van der Waals surface area contributed by atoms with Gasteiger partial charge in [-0.3, -0.25) is 4.79 Å². The minimum absolute atomic E-state index is 0.199. The summed E-state index contributed by atoms with van der Waals surface area (Å²) in [5, 5.41) is 6.85. The lowest BCUT2D eigenvalue weighted by Crippen LogP contribution is -2.23. The van der Waals surface area contributed by atoms with E-state index in [4.69, 9.17) is 10.5 Å². The highest BCUT2D eigenvalue weighted by atomic mass is 32.1. The van der Waals surface area contributed by atoms with E-state index in [1.807, 2.05) is 0 Å². The maximum Gasteiger partial charge on any atom is 0.263 e. The highest BCUT2D eigenvalue weighted by molar-refractivity contribution is 7.19. The van der Waals surface area contributed by atoms with Crippen LogP contribution >= 0.6 is 11.3 Å². The highest BCUT2D eigenvalue weighted by Gasteiger charge is 2.21. The molecule has 0 radical (unpaired) electrons. The van der Waals surface area contributed by atoms with E-state index in [9.17, 15) is 4.79 Å². The van der Waals surface area contributed by atoms with Gasteiger partial charge < -0.3 is 21.1 Å². The van der Waals surface area contributed by atoms with Crippen molar-refractivity contribution >= 4 is 27.9 Å². The van der Waals surface area contributed by atoms with Gasteiger partial charge in [-0.05, 0) is 6.42 Å². The van der Waals surface area contributed by atoms with Crippen LogP contribution in [0.5, 0.6) is 5.75 Å². The number of rotatable bonds is 10. The minimum atomic E-state index is -0.199. The van der Waals surface area contributed by atoms with Gasteiger partial charge in [-0.25, -0.2) is 0 Å². The van der Waals surface area contributed by atoms with Crippen LogP contribution in [-0.4, -0.2) is 26.1 Å². The number of hydrogen-bond donors (Lipinski definition) is 3. The summed E-state index contributed by atoms with van der Waals surface area (Å²) in [6.45, 7) is 7.02. The number of nitrogens with two attached hydrogens (primary N) is 1. The lowest BCUT2D eigenvalue weighted by Gasteiger charge is -2.06. The molecule has 1 aromatic heterocycles. The minimum Gasteiger partial charge on any atom is -0.492 e. The van der Waals surface area contributed by atoms with Crippen LogP contribution in [0.4, 0.5) is 10.7 Å². The Bertz CT molecular complexity index is 472. The predicted molar refractivity (Wildman–Crippen MR) is 90.4 cm³/mol. The number of amides is 1. The SMILES string of the molecule is C=CCNC(=O)c1sc(NCCCCCC)c(OC)c1N. The van der Waals surface area contributed by atoms with Crippen LogP contribution in [0.2, 0.25) is 0 Å². The third-order valence-corrected chi connectivity index (χ3v) is 4.18. The first-order valence-electron chi connectivity index (χ1n) is 7.24. The summed E-state index contributed by atoms with van der Waals surface area (Å²) >= 11 is 1.33. The number of anilines is 2. The molecule has 1 amide bonds. The molecule has 0 saturated carbocycles. The molecule has 0 aliphatic carbocycles. The van der Waals surface area contributed by atoms with Gasteiger partial charge in [0, 0.05) is 13.1 Å². The van der Waals surface area contributed by atoms with Crippen molar-refractivity contribution in [2.45, 2.75) is 32.6 Å². The fraction of sp³-hybridized carbons (Fsp3) is 0.533. The van der Waals surface area contributed by atoms with E-state index in [1.54, 1.807) is 13.2 Å². The molecule has 0 aliphatic rings. The Hall–Kier alpha value is -1.69. The van der Waals surface area contributed by atoms with E-state index < -0.39 is 0 Å². The molecule has 0 bridgehead atoms. The van der Waals surface area contributed by atoms with E-state index in [0.29, 0.717) is 22.9 Å². The number of unbranched alkanes of at least 4 members (excludes halogenated alkanes) is 3. The smallest absolute Gasteiger partial charge is 0.263 e. The fourth-order valence-electron chi connectivity index (χ4n) is 1.92. The largest absolute Gasteiger partial charge is 0.492 e. The standard InChI is InChI=1S/C15H25N3O2S/c1-4-6-7-8-10-18-15-12(20-3)11(16)13(21-15)14(19)17-9-5-2/h5,18H,2,4,6-10,16H2,1,3H3,(H,17,19). The van der Waals surface area contributed by atoms with Gasteiger partial charge in [0.1, 0.15) is 15.6 Å². The Morgan fingerprint density at radius 1 is 1.43 bits per heavy atom. The van der Waals surface area contributed by atoms with Gasteiger partial charge in [-0.15, -0.1) is 17.9 Å². The van der Waals surface area contributed by atoms with Crippen LogP contribution in [0, 0.1) is 0 Å². The van der Waals surface area contributed by atoms with Crippen molar-refractivity contribution in [2.75, 3.05) is 31.2 Å². The number of ether oxygens (including phenoxy) is 1. The molecule has 0 aliphatic heterocycles. The Morgan fingerprint density at radius 3 is 2.81 bits per heavy atom. The molecule has 0 saturated heterocycles. The number of carbonyl (C=O) groups is 1. The Kier molecular flexibility index (Phi) is 7.68. The summed E-state index contributed by atoms with van der Waals surface area (Å²) in [6.07, 6.45) is 6.36. The van der Waals surface area contributed by atoms with Gasteiger partial charge in [0.2, 0.25) is 0 Å². The lowest BCUT2D eigenvalue weighted by molar-refractivity contribution is 0.0962. The lowest BCUT2D eigenvalue weighted by atomic mass is 10.2. The molecule has 0 atom stereocenters. The van der Waals surface area contributed by atoms with Crippen molar-refractivity contribution < 1.29 is 9.53 Å². The van der Waals surface area contributed by atoms with E-state index >= 15 is 0 Å². The second kappa shape index (κ2) is 9.28. The topological polar surface area (TPSA) is 76.4 Å². The molecule has 0 unspecified atom stereocenters. The number of thiophene rings is 1. The number of nitrogens with one attached hydrogen (secondary N) is 2. The monoisotopic (exact) mass is 311 g/mol. The summed E-state index contributed by atoms with van der Waals surface area (Å²) in [6, 6.07) is 0. The predicted octanol–water partition coefficient (Wildman–Crippen LogP) is 3.25. The molecule has 4 N–H and O–H groups in total. The Morgan fingerprint density at radius 2 is 2.19 bits per heavy atom. The molecule has 1 heterocycles. The number of carbonyl (C=O) groups excluding carboxylic acids is 1. The first-order chi connectivity index (χ1) is 10.2. The third kappa shape index (κ3) is 4.97.